The summed E-state index contributed by atoms with van der Waals surface area (Å²) < 4.78 is 5.28. The van der Waals surface area contributed by atoms with Gasteiger partial charge in [-0.15, -0.1) is 0 Å². The van der Waals surface area contributed by atoms with Crippen molar-refractivity contribution < 1.29 is 14.3 Å². The standard InChI is InChI=1S/C21H31ClN4O3/c22-19-4-2-1-3-18(19)15-24-20(27)23-13-16-5-7-17(8-6-16)14-25-21(28)26-9-11-29-12-10-26/h1-4,16-17H,5-15H2,(H,25,28)(H2,23,24,27). The van der Waals surface area contributed by atoms with E-state index in [4.69, 9.17) is 16.3 Å². The van der Waals surface area contributed by atoms with E-state index in [2.05, 4.69) is 16.0 Å². The predicted molar refractivity (Wildman–Crippen MR) is 113 cm³/mol. The summed E-state index contributed by atoms with van der Waals surface area (Å²) in [4.78, 5) is 26.0. The van der Waals surface area contributed by atoms with Crippen LogP contribution in [0.4, 0.5) is 9.59 Å². The molecule has 1 aliphatic heterocycles. The van der Waals surface area contributed by atoms with E-state index in [1.165, 1.54) is 0 Å². The van der Waals surface area contributed by atoms with Crippen molar-refractivity contribution >= 4 is 23.7 Å². The minimum Gasteiger partial charge on any atom is -0.378 e. The summed E-state index contributed by atoms with van der Waals surface area (Å²) in [5.41, 5.74) is 0.906. The molecule has 1 saturated carbocycles. The number of halogens is 1. The van der Waals surface area contributed by atoms with Crippen LogP contribution in [0.15, 0.2) is 24.3 Å². The average Bonchev–Trinajstić information content (AvgIpc) is 2.77. The third-order valence-electron chi connectivity index (χ3n) is 5.76. The molecule has 1 aromatic rings. The Morgan fingerprint density at radius 1 is 0.966 bits per heavy atom. The number of nitrogens with one attached hydrogen (secondary N) is 3. The molecule has 4 amide bonds. The highest BCUT2D eigenvalue weighted by molar-refractivity contribution is 6.31. The molecule has 29 heavy (non-hydrogen) atoms. The Kier molecular flexibility index (Phi) is 8.43. The number of hydrogen-bond donors (Lipinski definition) is 3. The summed E-state index contributed by atoms with van der Waals surface area (Å²) in [6.07, 6.45) is 4.31. The van der Waals surface area contributed by atoms with Crippen LogP contribution in [-0.4, -0.2) is 56.4 Å². The Morgan fingerprint density at radius 3 is 2.24 bits per heavy atom. The summed E-state index contributed by atoms with van der Waals surface area (Å²) >= 11 is 6.10. The van der Waals surface area contributed by atoms with Crippen LogP contribution in [0.3, 0.4) is 0 Å². The highest BCUT2D eigenvalue weighted by atomic mass is 35.5. The number of ether oxygens (including phenoxy) is 1. The fourth-order valence-corrected chi connectivity index (χ4v) is 4.07. The zero-order valence-electron chi connectivity index (χ0n) is 16.8. The molecule has 0 aromatic heterocycles. The molecular formula is C21H31ClN4O3. The molecule has 0 atom stereocenters. The van der Waals surface area contributed by atoms with Crippen LogP contribution < -0.4 is 16.0 Å². The van der Waals surface area contributed by atoms with Gasteiger partial charge in [-0.3, -0.25) is 0 Å². The normalized spacial score (nSPS) is 22.0. The quantitative estimate of drug-likeness (QED) is 0.659. The molecule has 160 valence electrons. The lowest BCUT2D eigenvalue weighted by molar-refractivity contribution is 0.0528. The molecule has 8 heteroatoms. The number of morpholine rings is 1. The molecule has 1 aromatic carbocycles. The van der Waals surface area contributed by atoms with E-state index in [1.807, 2.05) is 29.2 Å². The van der Waals surface area contributed by atoms with Gasteiger partial charge in [0, 0.05) is 37.7 Å². The summed E-state index contributed by atoms with van der Waals surface area (Å²) in [6.45, 7) is 4.41. The van der Waals surface area contributed by atoms with Crippen molar-refractivity contribution in [1.29, 1.82) is 0 Å². The zero-order chi connectivity index (χ0) is 20.5. The molecule has 2 fully saturated rings. The van der Waals surface area contributed by atoms with Crippen molar-refractivity contribution in [2.75, 3.05) is 39.4 Å². The van der Waals surface area contributed by atoms with Crippen molar-refractivity contribution in [2.45, 2.75) is 32.2 Å². The van der Waals surface area contributed by atoms with Gasteiger partial charge in [0.05, 0.1) is 13.2 Å². The van der Waals surface area contributed by atoms with Crippen LogP contribution >= 0.6 is 11.6 Å². The molecule has 0 unspecified atom stereocenters. The first-order chi connectivity index (χ1) is 14.1. The monoisotopic (exact) mass is 422 g/mol. The lowest BCUT2D eigenvalue weighted by atomic mass is 9.82. The van der Waals surface area contributed by atoms with Crippen molar-refractivity contribution in [2.24, 2.45) is 11.8 Å². The summed E-state index contributed by atoms with van der Waals surface area (Å²) in [6, 6.07) is 7.36. The van der Waals surface area contributed by atoms with E-state index >= 15 is 0 Å². The Labute approximate surface area is 177 Å². The van der Waals surface area contributed by atoms with E-state index < -0.39 is 0 Å². The fraction of sp³-hybridized carbons (Fsp3) is 0.619. The first-order valence-corrected chi connectivity index (χ1v) is 10.8. The van der Waals surface area contributed by atoms with Crippen molar-refractivity contribution in [3.63, 3.8) is 0 Å². The largest absolute Gasteiger partial charge is 0.378 e. The van der Waals surface area contributed by atoms with Crippen LogP contribution in [0, 0.1) is 11.8 Å². The second-order valence-corrected chi connectivity index (χ2v) is 8.23. The van der Waals surface area contributed by atoms with Crippen LogP contribution in [0.2, 0.25) is 5.02 Å². The lowest BCUT2D eigenvalue weighted by Crippen LogP contribution is -2.47. The minimum atomic E-state index is -0.162. The molecule has 1 heterocycles. The van der Waals surface area contributed by atoms with Gasteiger partial charge < -0.3 is 25.6 Å². The number of nitrogens with zero attached hydrogens (tertiary/aromatic N) is 1. The van der Waals surface area contributed by atoms with Gasteiger partial charge in [-0.2, -0.15) is 0 Å². The lowest BCUT2D eigenvalue weighted by Gasteiger charge is -2.31. The molecule has 2 aliphatic rings. The zero-order valence-corrected chi connectivity index (χ0v) is 17.5. The van der Waals surface area contributed by atoms with E-state index in [1.54, 1.807) is 0 Å². The van der Waals surface area contributed by atoms with Crippen LogP contribution in [0.5, 0.6) is 0 Å². The average molecular weight is 423 g/mol. The van der Waals surface area contributed by atoms with Crippen LogP contribution in [0.25, 0.3) is 0 Å². The predicted octanol–water partition coefficient (Wildman–Crippen LogP) is 2.99. The number of hydrogen-bond acceptors (Lipinski definition) is 3. The topological polar surface area (TPSA) is 82.7 Å². The molecular weight excluding hydrogens is 392 g/mol. The third-order valence-corrected chi connectivity index (χ3v) is 6.12. The smallest absolute Gasteiger partial charge is 0.317 e. The summed E-state index contributed by atoms with van der Waals surface area (Å²) in [5, 5.41) is 9.55. The highest BCUT2D eigenvalue weighted by Gasteiger charge is 2.23. The van der Waals surface area contributed by atoms with E-state index in [0.717, 1.165) is 37.8 Å². The SMILES string of the molecule is O=C(NCc1ccccc1Cl)NCC1CCC(CNC(=O)N2CCOCC2)CC1. The first kappa shape index (κ1) is 21.7. The molecule has 0 radical (unpaired) electrons. The van der Waals surface area contributed by atoms with Gasteiger partial charge >= 0.3 is 12.1 Å². The molecule has 1 saturated heterocycles. The second kappa shape index (κ2) is 11.3. The molecule has 3 rings (SSSR count). The number of carbonyl (C=O) groups excluding carboxylic acids is 2. The Hall–Kier alpha value is -1.99. The van der Waals surface area contributed by atoms with Gasteiger partial charge in [0.1, 0.15) is 0 Å². The van der Waals surface area contributed by atoms with Gasteiger partial charge in [0.15, 0.2) is 0 Å². The molecule has 0 spiro atoms. The summed E-state index contributed by atoms with van der Waals surface area (Å²) in [5.74, 6) is 1.01. The number of urea groups is 2. The van der Waals surface area contributed by atoms with Crippen LogP contribution in [-0.2, 0) is 11.3 Å². The van der Waals surface area contributed by atoms with Crippen molar-refractivity contribution in [3.8, 4) is 0 Å². The maximum Gasteiger partial charge on any atom is 0.317 e. The Bertz CT molecular complexity index is 674. The number of benzene rings is 1. The summed E-state index contributed by atoms with van der Waals surface area (Å²) in [7, 11) is 0. The number of rotatable bonds is 6. The molecule has 3 N–H and O–H groups in total. The maximum absolute atomic E-state index is 12.2. The molecule has 7 nitrogen and oxygen atoms in total. The Balaban J connectivity index is 1.27. The van der Waals surface area contributed by atoms with Gasteiger partial charge in [-0.05, 0) is 49.1 Å². The van der Waals surface area contributed by atoms with Gasteiger partial charge in [0.2, 0.25) is 0 Å². The van der Waals surface area contributed by atoms with Gasteiger partial charge in [-0.25, -0.2) is 9.59 Å². The first-order valence-electron chi connectivity index (χ1n) is 10.5. The van der Waals surface area contributed by atoms with E-state index in [-0.39, 0.29) is 12.1 Å². The van der Waals surface area contributed by atoms with Crippen molar-refractivity contribution in [1.82, 2.24) is 20.9 Å². The Morgan fingerprint density at radius 2 is 1.59 bits per heavy atom. The fourth-order valence-electron chi connectivity index (χ4n) is 3.87. The second-order valence-electron chi connectivity index (χ2n) is 7.83. The highest BCUT2D eigenvalue weighted by Crippen LogP contribution is 2.28. The van der Waals surface area contributed by atoms with E-state index in [0.29, 0.717) is 56.3 Å². The van der Waals surface area contributed by atoms with Crippen molar-refractivity contribution in [3.05, 3.63) is 34.9 Å². The minimum absolute atomic E-state index is 0.0206. The van der Waals surface area contributed by atoms with Crippen LogP contribution in [0.1, 0.15) is 31.2 Å². The number of carbonyl (C=O) groups is 2. The van der Waals surface area contributed by atoms with Gasteiger partial charge in [0.25, 0.3) is 0 Å². The maximum atomic E-state index is 12.2. The number of amides is 4. The van der Waals surface area contributed by atoms with E-state index in [9.17, 15) is 9.59 Å². The van der Waals surface area contributed by atoms with Gasteiger partial charge in [-0.1, -0.05) is 29.8 Å². The molecule has 0 bridgehead atoms. The third kappa shape index (κ3) is 7.08. The molecule has 1 aliphatic carbocycles.